The summed E-state index contributed by atoms with van der Waals surface area (Å²) in [5, 5.41) is 0. The molecular formula is C31H22NO+. The molecule has 2 heteroatoms. The van der Waals surface area contributed by atoms with Crippen LogP contribution < -0.4 is 4.74 Å². The molecule has 0 saturated carbocycles. The monoisotopic (exact) mass is 424 g/mol. The zero-order chi connectivity index (χ0) is 21.9. The minimum absolute atomic E-state index is 0.0841. The predicted octanol–water partition coefficient (Wildman–Crippen LogP) is 7.27. The van der Waals surface area contributed by atoms with Crippen LogP contribution in [0.5, 0.6) is 5.75 Å². The van der Waals surface area contributed by atoms with Crippen molar-refractivity contribution in [3.8, 4) is 50.3 Å². The van der Waals surface area contributed by atoms with Gasteiger partial charge in [0.2, 0.25) is 23.3 Å². The van der Waals surface area contributed by atoms with E-state index in [1.807, 2.05) is 0 Å². The molecule has 0 aromatic heterocycles. The zero-order valence-corrected chi connectivity index (χ0v) is 18.3. The Kier molecular flexibility index (Phi) is 3.86. The van der Waals surface area contributed by atoms with Gasteiger partial charge >= 0.3 is 0 Å². The molecule has 0 fully saturated rings. The van der Waals surface area contributed by atoms with Gasteiger partial charge in [0.05, 0.1) is 0 Å². The number of rotatable bonds is 0. The Morgan fingerprint density at radius 3 is 1.79 bits per heavy atom. The van der Waals surface area contributed by atoms with Gasteiger partial charge in [-0.15, -0.1) is 0 Å². The van der Waals surface area contributed by atoms with Gasteiger partial charge in [0.1, 0.15) is 7.05 Å². The maximum atomic E-state index is 6.74. The van der Waals surface area contributed by atoms with E-state index in [0.29, 0.717) is 0 Å². The van der Waals surface area contributed by atoms with E-state index in [1.54, 1.807) is 0 Å². The van der Waals surface area contributed by atoms with Crippen molar-refractivity contribution < 1.29 is 9.31 Å². The van der Waals surface area contributed by atoms with Crippen molar-refractivity contribution in [2.24, 2.45) is 0 Å². The highest BCUT2D eigenvalue weighted by Crippen LogP contribution is 2.53. The highest BCUT2D eigenvalue weighted by atomic mass is 16.5. The van der Waals surface area contributed by atoms with Gasteiger partial charge < -0.3 is 4.74 Å². The molecule has 2 aliphatic carbocycles. The first-order chi connectivity index (χ1) is 16.3. The van der Waals surface area contributed by atoms with Crippen molar-refractivity contribution in [1.82, 2.24) is 0 Å². The third-order valence-corrected chi connectivity index (χ3v) is 7.01. The average Bonchev–Trinajstić information content (AvgIpc) is 2.87. The molecule has 3 aliphatic rings. The van der Waals surface area contributed by atoms with Crippen LogP contribution in [0.25, 0.3) is 44.5 Å². The molecule has 0 radical (unpaired) electrons. The second-order valence-electron chi connectivity index (χ2n) is 8.74. The van der Waals surface area contributed by atoms with Crippen molar-refractivity contribution in [3.63, 3.8) is 0 Å². The van der Waals surface area contributed by atoms with Crippen LogP contribution in [0.4, 0.5) is 5.69 Å². The summed E-state index contributed by atoms with van der Waals surface area (Å²) in [6, 6.07) is 30.7. The molecule has 0 saturated heterocycles. The van der Waals surface area contributed by atoms with E-state index in [1.165, 1.54) is 44.5 Å². The Labute approximate surface area is 193 Å². The quantitative estimate of drug-likeness (QED) is 0.238. The number of nitrogens with zero attached hydrogens (tertiary/aromatic N) is 1. The predicted molar refractivity (Wildman–Crippen MR) is 135 cm³/mol. The standard InChI is InChI=1S/C31H22NO/c1-32-27-16-8-9-17-29(27)33-31-28(32)19-18-26-24-14-5-4-12-22(24)20-10-2-3-11-21(20)23-13-6-7-15-25(23)30(26)31/h2-19,29H,1H3/q+1. The van der Waals surface area contributed by atoms with Crippen LogP contribution in [-0.2, 0) is 0 Å². The fourth-order valence-corrected chi connectivity index (χ4v) is 5.47. The average molecular weight is 425 g/mol. The SMILES string of the molecule is C[N+]1=C2C=CC=CC2Oc2c1ccc1c2-c2ccccc2-c2ccccc2-c2ccccc2-1. The number of ether oxygens (including phenoxy) is 1. The molecule has 0 N–H and O–H groups in total. The smallest absolute Gasteiger partial charge is 0.248 e. The first-order valence-corrected chi connectivity index (χ1v) is 11.4. The number of hydrogen-bond acceptors (Lipinski definition) is 1. The fourth-order valence-electron chi connectivity index (χ4n) is 5.47. The molecule has 0 bridgehead atoms. The lowest BCUT2D eigenvalue weighted by Crippen LogP contribution is -2.35. The summed E-state index contributed by atoms with van der Waals surface area (Å²) in [4.78, 5) is 0. The highest BCUT2D eigenvalue weighted by molar-refractivity contribution is 6.06. The molecule has 1 heterocycles. The Balaban J connectivity index is 1.64. The summed E-state index contributed by atoms with van der Waals surface area (Å²) in [7, 11) is 2.14. The minimum Gasteiger partial charge on any atom is -0.468 e. The van der Waals surface area contributed by atoms with Crippen LogP contribution in [0, 0.1) is 0 Å². The van der Waals surface area contributed by atoms with Gasteiger partial charge in [0.25, 0.3) is 0 Å². The minimum atomic E-state index is -0.0841. The molecule has 2 nitrogen and oxygen atoms in total. The summed E-state index contributed by atoms with van der Waals surface area (Å²) >= 11 is 0. The molecule has 33 heavy (non-hydrogen) atoms. The molecule has 4 aromatic rings. The molecule has 4 aromatic carbocycles. The number of allylic oxidation sites excluding steroid dienone is 2. The van der Waals surface area contributed by atoms with Crippen LogP contribution in [0.15, 0.2) is 109 Å². The second kappa shape index (κ2) is 6.91. The van der Waals surface area contributed by atoms with Gasteiger partial charge in [-0.25, -0.2) is 0 Å². The summed E-state index contributed by atoms with van der Waals surface area (Å²) in [6.45, 7) is 0. The van der Waals surface area contributed by atoms with Crippen molar-refractivity contribution >= 4 is 11.4 Å². The summed E-state index contributed by atoms with van der Waals surface area (Å²) in [6.07, 6.45) is 8.33. The van der Waals surface area contributed by atoms with E-state index >= 15 is 0 Å². The molecule has 1 aliphatic heterocycles. The van der Waals surface area contributed by atoms with Crippen LogP contribution in [0.2, 0.25) is 0 Å². The molecule has 156 valence electrons. The van der Waals surface area contributed by atoms with Crippen LogP contribution in [0.3, 0.4) is 0 Å². The topological polar surface area (TPSA) is 12.2 Å². The molecular weight excluding hydrogens is 402 g/mol. The van der Waals surface area contributed by atoms with E-state index in [2.05, 4.69) is 121 Å². The van der Waals surface area contributed by atoms with Gasteiger partial charge in [-0.05, 0) is 51.1 Å². The Hall–Kier alpha value is -4.17. The lowest BCUT2D eigenvalue weighted by molar-refractivity contribution is -0.412. The summed E-state index contributed by atoms with van der Waals surface area (Å²) in [5.41, 5.74) is 12.1. The van der Waals surface area contributed by atoms with Gasteiger partial charge in [0.15, 0.2) is 0 Å². The van der Waals surface area contributed by atoms with Crippen LogP contribution in [0.1, 0.15) is 0 Å². The van der Waals surface area contributed by atoms with E-state index in [0.717, 1.165) is 17.1 Å². The maximum absolute atomic E-state index is 6.74. The van der Waals surface area contributed by atoms with E-state index in [4.69, 9.17) is 4.74 Å². The maximum Gasteiger partial charge on any atom is 0.248 e. The second-order valence-corrected chi connectivity index (χ2v) is 8.74. The van der Waals surface area contributed by atoms with Crippen molar-refractivity contribution in [3.05, 3.63) is 109 Å². The third-order valence-electron chi connectivity index (χ3n) is 7.01. The molecule has 0 amide bonds. The molecule has 7 rings (SSSR count). The molecule has 1 unspecified atom stereocenters. The van der Waals surface area contributed by atoms with E-state index in [9.17, 15) is 0 Å². The van der Waals surface area contributed by atoms with E-state index < -0.39 is 0 Å². The normalized spacial score (nSPS) is 16.8. The van der Waals surface area contributed by atoms with Gasteiger partial charge in [-0.1, -0.05) is 84.9 Å². The lowest BCUT2D eigenvalue weighted by Gasteiger charge is -2.28. The summed E-state index contributed by atoms with van der Waals surface area (Å²) in [5.74, 6) is 0.949. The van der Waals surface area contributed by atoms with E-state index in [-0.39, 0.29) is 6.10 Å². The van der Waals surface area contributed by atoms with Crippen molar-refractivity contribution in [2.75, 3.05) is 7.05 Å². The van der Waals surface area contributed by atoms with Crippen molar-refractivity contribution in [1.29, 1.82) is 0 Å². The fraction of sp³-hybridized carbons (Fsp3) is 0.0645. The first kappa shape index (κ1) is 18.4. The highest BCUT2D eigenvalue weighted by Gasteiger charge is 2.36. The largest absolute Gasteiger partial charge is 0.468 e. The third kappa shape index (κ3) is 2.58. The van der Waals surface area contributed by atoms with Crippen LogP contribution >= 0.6 is 0 Å². The molecule has 0 spiro atoms. The Morgan fingerprint density at radius 2 is 1.15 bits per heavy atom. The Bertz CT molecular complexity index is 1550. The van der Waals surface area contributed by atoms with Gasteiger partial charge in [-0.3, -0.25) is 0 Å². The van der Waals surface area contributed by atoms with Gasteiger partial charge in [-0.2, -0.15) is 4.58 Å². The lowest BCUT2D eigenvalue weighted by atomic mass is 9.80. The van der Waals surface area contributed by atoms with Crippen LogP contribution in [-0.4, -0.2) is 23.4 Å². The Morgan fingerprint density at radius 1 is 0.606 bits per heavy atom. The summed E-state index contributed by atoms with van der Waals surface area (Å²) < 4.78 is 9.01. The van der Waals surface area contributed by atoms with Crippen molar-refractivity contribution in [2.45, 2.75) is 6.10 Å². The molecule has 1 atom stereocenters. The number of benzene rings is 4. The number of hydrogen-bond donors (Lipinski definition) is 0. The van der Waals surface area contributed by atoms with Gasteiger partial charge in [0, 0.05) is 17.7 Å². The first-order valence-electron chi connectivity index (χ1n) is 11.4. The number of fused-ring (bicyclic) bond motifs is 11. The zero-order valence-electron chi connectivity index (χ0n) is 18.3.